The molecule has 0 aromatic carbocycles. The smallest absolute Gasteiger partial charge is 0.329 e. The van der Waals surface area contributed by atoms with Crippen molar-refractivity contribution in [1.82, 2.24) is 25.1 Å². The van der Waals surface area contributed by atoms with Crippen molar-refractivity contribution in [3.63, 3.8) is 0 Å². The minimum Gasteiger partial charge on any atom is -0.480 e. The van der Waals surface area contributed by atoms with Crippen LogP contribution in [0.3, 0.4) is 0 Å². The molecule has 32 heavy (non-hydrogen) atoms. The van der Waals surface area contributed by atoms with Gasteiger partial charge in [-0.25, -0.2) is 9.48 Å². The van der Waals surface area contributed by atoms with Crippen molar-refractivity contribution in [2.24, 2.45) is 0 Å². The van der Waals surface area contributed by atoms with E-state index in [0.717, 1.165) is 18.5 Å². The van der Waals surface area contributed by atoms with E-state index in [4.69, 9.17) is 23.9 Å². The minimum absolute atomic E-state index is 0.0415. The van der Waals surface area contributed by atoms with E-state index in [1.165, 1.54) is 4.68 Å². The highest BCUT2D eigenvalue weighted by Crippen LogP contribution is 2.28. The maximum Gasteiger partial charge on any atom is 0.329 e. The van der Waals surface area contributed by atoms with Crippen molar-refractivity contribution in [2.45, 2.75) is 38.5 Å². The Bertz CT molecular complexity index is 1060. The molecule has 0 radical (unpaired) electrons. The molecule has 4 heterocycles. The van der Waals surface area contributed by atoms with Gasteiger partial charge in [-0.1, -0.05) is 10.4 Å². The van der Waals surface area contributed by atoms with E-state index in [0.29, 0.717) is 30.3 Å². The van der Waals surface area contributed by atoms with Gasteiger partial charge < -0.3 is 28.8 Å². The monoisotopic (exact) mass is 445 g/mol. The number of aliphatic hydroxyl groups excluding tert-OH is 1. The van der Waals surface area contributed by atoms with E-state index in [2.05, 4.69) is 15.5 Å². The van der Waals surface area contributed by atoms with Gasteiger partial charge in [0.25, 0.3) is 5.91 Å². The first-order valence-corrected chi connectivity index (χ1v) is 10.1. The Morgan fingerprint density at radius 2 is 2.03 bits per heavy atom. The molecule has 1 saturated heterocycles. The van der Waals surface area contributed by atoms with Gasteiger partial charge in [-0.15, -0.1) is 5.10 Å². The van der Waals surface area contributed by atoms with Crippen LogP contribution in [0.1, 0.15) is 52.2 Å². The molecule has 0 atom stereocenters. The third kappa shape index (κ3) is 5.21. The summed E-state index contributed by atoms with van der Waals surface area (Å²) in [5.41, 5.74) is 1.30. The number of hydrogen-bond acceptors (Lipinski definition) is 9. The summed E-state index contributed by atoms with van der Waals surface area (Å²) >= 11 is 0. The van der Waals surface area contributed by atoms with Gasteiger partial charge in [0.15, 0.2) is 11.5 Å². The highest BCUT2D eigenvalue weighted by Gasteiger charge is 2.28. The van der Waals surface area contributed by atoms with Crippen LogP contribution in [0.5, 0.6) is 0 Å². The lowest BCUT2D eigenvalue weighted by molar-refractivity contribution is -0.142. The number of rotatable bonds is 9. The molecule has 12 nitrogen and oxygen atoms in total. The molecule has 0 aliphatic carbocycles. The molecule has 1 aliphatic rings. The number of nitrogens with zero attached hydrogens (tertiary/aromatic N) is 5. The number of ether oxygens (including phenoxy) is 1. The first-order valence-electron chi connectivity index (χ1n) is 10.1. The van der Waals surface area contributed by atoms with E-state index in [9.17, 15) is 9.59 Å². The summed E-state index contributed by atoms with van der Waals surface area (Å²) in [6, 6.07) is 5.12. The number of aliphatic carboxylic acids is 1. The van der Waals surface area contributed by atoms with Crippen LogP contribution in [0.25, 0.3) is 0 Å². The fourth-order valence-electron chi connectivity index (χ4n) is 3.59. The Kier molecular flexibility index (Phi) is 6.61. The molecule has 12 heteroatoms. The van der Waals surface area contributed by atoms with Crippen LogP contribution in [-0.4, -0.2) is 66.8 Å². The maximum absolute atomic E-state index is 12.8. The lowest BCUT2D eigenvalue weighted by Gasteiger charge is -2.30. The Morgan fingerprint density at radius 1 is 1.22 bits per heavy atom. The molecule has 4 rings (SSSR count). The van der Waals surface area contributed by atoms with Crippen molar-refractivity contribution in [3.05, 3.63) is 53.1 Å². The Morgan fingerprint density at radius 3 is 2.75 bits per heavy atom. The van der Waals surface area contributed by atoms with Crippen molar-refractivity contribution < 1.29 is 33.5 Å². The third-order valence-electron chi connectivity index (χ3n) is 5.19. The summed E-state index contributed by atoms with van der Waals surface area (Å²) in [5.74, 6) is 0.207. The van der Waals surface area contributed by atoms with E-state index < -0.39 is 12.6 Å². The van der Waals surface area contributed by atoms with E-state index in [1.807, 2.05) is 0 Å². The predicted molar refractivity (Wildman–Crippen MR) is 105 cm³/mol. The van der Waals surface area contributed by atoms with E-state index in [1.54, 1.807) is 29.3 Å². The minimum atomic E-state index is -1.05. The number of aromatic nitrogens is 4. The van der Waals surface area contributed by atoms with Crippen LogP contribution in [0, 0.1) is 0 Å². The second-order valence-corrected chi connectivity index (χ2v) is 7.50. The van der Waals surface area contributed by atoms with Crippen molar-refractivity contribution in [2.75, 3.05) is 19.7 Å². The number of likely N-dealkylation sites (tertiary alicyclic amines) is 1. The number of aliphatic hydroxyl groups is 1. The Labute approximate surface area is 182 Å². The van der Waals surface area contributed by atoms with Gasteiger partial charge >= 0.3 is 5.97 Å². The first-order chi connectivity index (χ1) is 15.5. The molecular formula is C20H23N5O7. The summed E-state index contributed by atoms with van der Waals surface area (Å²) in [6.07, 6.45) is 3.13. The average Bonchev–Trinajstić information content (AvgIpc) is 3.55. The second-order valence-electron chi connectivity index (χ2n) is 7.50. The molecule has 1 amide bonds. The van der Waals surface area contributed by atoms with Gasteiger partial charge in [-0.2, -0.15) is 0 Å². The molecule has 0 saturated carbocycles. The quantitative estimate of drug-likeness (QED) is 0.487. The highest BCUT2D eigenvalue weighted by atomic mass is 16.5. The molecule has 2 N–H and O–H groups in total. The standard InChI is InChI=1S/C20H23N5O7/c26-10-16-7-17(22-32-16)13-3-5-24(6-4-13)20(29)18-2-1-15(31-18)9-25-8-14(21-23-25)11-30-12-19(27)28/h1-2,7-8,13,26H,3-6,9-12H2,(H,27,28). The van der Waals surface area contributed by atoms with Crippen LogP contribution in [0.4, 0.5) is 0 Å². The number of piperidine rings is 1. The zero-order valence-corrected chi connectivity index (χ0v) is 17.2. The topological polar surface area (TPSA) is 157 Å². The van der Waals surface area contributed by atoms with Gasteiger partial charge in [0.1, 0.15) is 31.2 Å². The van der Waals surface area contributed by atoms with Crippen LogP contribution >= 0.6 is 0 Å². The normalized spacial score (nSPS) is 14.7. The second kappa shape index (κ2) is 9.75. The number of carboxylic acid groups (broad SMARTS) is 1. The van der Waals surface area contributed by atoms with Crippen molar-refractivity contribution >= 4 is 11.9 Å². The number of amides is 1. The molecule has 0 bridgehead atoms. The van der Waals surface area contributed by atoms with Gasteiger partial charge in [0.05, 0.1) is 18.5 Å². The average molecular weight is 445 g/mol. The SMILES string of the molecule is O=C(O)COCc1cn(Cc2ccc(C(=O)N3CCC(c4cc(CO)on4)CC3)o2)nn1. The number of hydrogen-bond donors (Lipinski definition) is 2. The first kappa shape index (κ1) is 21.7. The van der Waals surface area contributed by atoms with Gasteiger partial charge in [0, 0.05) is 25.1 Å². The van der Waals surface area contributed by atoms with Gasteiger partial charge in [-0.05, 0) is 25.0 Å². The number of carbonyl (C=O) groups excluding carboxylic acids is 1. The lowest BCUT2D eigenvalue weighted by atomic mass is 9.93. The van der Waals surface area contributed by atoms with Crippen LogP contribution < -0.4 is 0 Å². The number of furan rings is 1. The van der Waals surface area contributed by atoms with Crippen LogP contribution in [0.15, 0.2) is 33.3 Å². The predicted octanol–water partition coefficient (Wildman–Crippen LogP) is 1.02. The summed E-state index contributed by atoms with van der Waals surface area (Å²) in [5, 5.41) is 29.6. The summed E-state index contributed by atoms with van der Waals surface area (Å²) in [4.78, 5) is 25.0. The molecular weight excluding hydrogens is 422 g/mol. The van der Waals surface area contributed by atoms with E-state index in [-0.39, 0.29) is 37.3 Å². The van der Waals surface area contributed by atoms with Crippen LogP contribution in [0.2, 0.25) is 0 Å². The molecule has 1 aliphatic heterocycles. The molecule has 3 aromatic rings. The summed E-state index contributed by atoms with van der Waals surface area (Å²) < 4.78 is 17.3. The summed E-state index contributed by atoms with van der Waals surface area (Å²) in [6.45, 7) is 0.878. The van der Waals surface area contributed by atoms with E-state index >= 15 is 0 Å². The maximum atomic E-state index is 12.8. The number of carbonyl (C=O) groups is 2. The molecule has 0 spiro atoms. The van der Waals surface area contributed by atoms with Crippen LogP contribution in [-0.2, 0) is 29.3 Å². The van der Waals surface area contributed by atoms with Crippen molar-refractivity contribution in [3.8, 4) is 0 Å². The Balaban J connectivity index is 1.28. The lowest BCUT2D eigenvalue weighted by Crippen LogP contribution is -2.37. The largest absolute Gasteiger partial charge is 0.480 e. The zero-order valence-electron chi connectivity index (χ0n) is 17.2. The molecule has 0 unspecified atom stereocenters. The zero-order chi connectivity index (χ0) is 22.5. The van der Waals surface area contributed by atoms with Gasteiger partial charge in [-0.3, -0.25) is 4.79 Å². The van der Waals surface area contributed by atoms with Crippen molar-refractivity contribution in [1.29, 1.82) is 0 Å². The highest BCUT2D eigenvalue weighted by molar-refractivity contribution is 5.91. The molecule has 1 fully saturated rings. The number of carboxylic acids is 1. The third-order valence-corrected chi connectivity index (χ3v) is 5.19. The summed E-state index contributed by atoms with van der Waals surface area (Å²) in [7, 11) is 0. The molecule has 3 aromatic heterocycles. The fraction of sp³-hybridized carbons (Fsp3) is 0.450. The van der Waals surface area contributed by atoms with Gasteiger partial charge in [0.2, 0.25) is 0 Å². The Hall–Kier alpha value is -3.51. The fourth-order valence-corrected chi connectivity index (χ4v) is 3.59. The molecule has 170 valence electrons.